The second-order valence-corrected chi connectivity index (χ2v) is 7.77. The molecule has 0 aromatic carbocycles. The number of fused-ring (bicyclic) bond motifs is 2. The molecule has 2 atom stereocenters. The number of aryl methyl sites for hydroxylation is 2. The normalized spacial score (nSPS) is 20.3. The number of rotatable bonds is 3. The number of nitrogens with one attached hydrogen (secondary N) is 2. The lowest BCUT2D eigenvalue weighted by Crippen LogP contribution is -2.27. The molecular weight excluding hydrogens is 408 g/mol. The van der Waals surface area contributed by atoms with E-state index in [1.165, 1.54) is 6.20 Å². The number of anilines is 2. The quantitative estimate of drug-likeness (QED) is 0.566. The number of aromatic nitrogens is 5. The first-order valence-electron chi connectivity index (χ1n) is 9.64. The van der Waals surface area contributed by atoms with Crippen LogP contribution in [0.15, 0.2) is 18.6 Å². The SMILES string of the molecule is Cc1cn2cc(NC(=O)c3cnc(N4CC5CNCC5C4)nc3O)nc(C)c2n1.Cl. The molecule has 2 unspecified atom stereocenters. The van der Waals surface area contributed by atoms with Gasteiger partial charge in [-0.05, 0) is 25.7 Å². The highest BCUT2D eigenvalue weighted by Gasteiger charge is 2.37. The molecule has 0 saturated carbocycles. The number of halogens is 1. The van der Waals surface area contributed by atoms with Gasteiger partial charge in [-0.2, -0.15) is 4.98 Å². The van der Waals surface area contributed by atoms with E-state index < -0.39 is 5.91 Å². The van der Waals surface area contributed by atoms with Gasteiger partial charge in [0.25, 0.3) is 5.91 Å². The lowest BCUT2D eigenvalue weighted by molar-refractivity contribution is 0.102. The molecule has 2 aliphatic rings. The second kappa shape index (κ2) is 7.69. The standard InChI is InChI=1S/C19H22N8O2.ClH/c1-10-6-26-9-15(23-11(2)16(26)22-10)24-17(28)14-5-21-19(25-18(14)29)27-7-12-3-20-4-13(12)8-27;/h5-6,9,12-13,20H,3-4,7-8H2,1-2H3,(H,24,28)(H,21,25,29);1H. The summed E-state index contributed by atoms with van der Waals surface area (Å²) in [4.78, 5) is 32.0. The predicted octanol–water partition coefficient (Wildman–Crippen LogP) is 1.17. The van der Waals surface area contributed by atoms with Crippen molar-refractivity contribution >= 4 is 35.7 Å². The highest BCUT2D eigenvalue weighted by molar-refractivity contribution is 6.05. The predicted molar refractivity (Wildman–Crippen MR) is 113 cm³/mol. The molecule has 2 saturated heterocycles. The van der Waals surface area contributed by atoms with Crippen LogP contribution in [0.3, 0.4) is 0 Å². The fourth-order valence-corrected chi connectivity index (χ4v) is 4.21. The van der Waals surface area contributed by atoms with Gasteiger partial charge in [0.05, 0.1) is 17.6 Å². The number of carbonyl (C=O) groups excluding carboxylic acids is 1. The summed E-state index contributed by atoms with van der Waals surface area (Å²) < 4.78 is 1.81. The molecule has 11 heteroatoms. The highest BCUT2D eigenvalue weighted by atomic mass is 35.5. The van der Waals surface area contributed by atoms with Crippen LogP contribution in [0.25, 0.3) is 5.65 Å². The summed E-state index contributed by atoms with van der Waals surface area (Å²) in [5.74, 6) is 1.14. The Kier molecular flexibility index (Phi) is 5.20. The van der Waals surface area contributed by atoms with Crippen molar-refractivity contribution < 1.29 is 9.90 Å². The first-order chi connectivity index (χ1) is 14.0. The van der Waals surface area contributed by atoms with E-state index in [4.69, 9.17) is 0 Å². The van der Waals surface area contributed by atoms with Gasteiger partial charge in [-0.1, -0.05) is 0 Å². The van der Waals surface area contributed by atoms with Crippen molar-refractivity contribution in [3.05, 3.63) is 35.5 Å². The molecule has 0 aliphatic carbocycles. The topological polar surface area (TPSA) is 121 Å². The first kappa shape index (κ1) is 20.3. The van der Waals surface area contributed by atoms with E-state index in [1.807, 2.05) is 24.4 Å². The molecule has 0 bridgehead atoms. The summed E-state index contributed by atoms with van der Waals surface area (Å²) in [6.07, 6.45) is 4.91. The van der Waals surface area contributed by atoms with Gasteiger partial charge in [-0.3, -0.25) is 4.79 Å². The molecule has 3 aromatic heterocycles. The van der Waals surface area contributed by atoms with Crippen molar-refractivity contribution in [1.82, 2.24) is 29.7 Å². The molecule has 30 heavy (non-hydrogen) atoms. The number of nitrogens with zero attached hydrogens (tertiary/aromatic N) is 6. The largest absolute Gasteiger partial charge is 0.493 e. The third-order valence-corrected chi connectivity index (χ3v) is 5.64. The summed E-state index contributed by atoms with van der Waals surface area (Å²) in [7, 11) is 0. The van der Waals surface area contributed by atoms with Crippen LogP contribution in [0.2, 0.25) is 0 Å². The maximum atomic E-state index is 12.6. The van der Waals surface area contributed by atoms with Crippen molar-refractivity contribution in [3.63, 3.8) is 0 Å². The van der Waals surface area contributed by atoms with E-state index in [2.05, 4.69) is 35.5 Å². The number of amides is 1. The van der Waals surface area contributed by atoms with Gasteiger partial charge in [-0.25, -0.2) is 15.0 Å². The fourth-order valence-electron chi connectivity index (χ4n) is 4.21. The van der Waals surface area contributed by atoms with Crippen LogP contribution in [0.1, 0.15) is 21.7 Å². The molecule has 10 nitrogen and oxygen atoms in total. The zero-order valence-electron chi connectivity index (χ0n) is 16.7. The first-order valence-corrected chi connectivity index (χ1v) is 9.64. The summed E-state index contributed by atoms with van der Waals surface area (Å²) in [6.45, 7) is 7.44. The minimum atomic E-state index is -0.514. The molecule has 0 radical (unpaired) electrons. The van der Waals surface area contributed by atoms with Gasteiger partial charge in [0, 0.05) is 38.6 Å². The van der Waals surface area contributed by atoms with E-state index in [0.717, 1.165) is 37.5 Å². The average Bonchev–Trinajstić information content (AvgIpc) is 3.35. The van der Waals surface area contributed by atoms with Crippen LogP contribution < -0.4 is 15.5 Å². The average molecular weight is 431 g/mol. The van der Waals surface area contributed by atoms with Crippen molar-refractivity contribution in [2.45, 2.75) is 13.8 Å². The maximum Gasteiger partial charge on any atom is 0.263 e. The molecule has 5 rings (SSSR count). The third-order valence-electron chi connectivity index (χ3n) is 5.64. The summed E-state index contributed by atoms with van der Waals surface area (Å²) in [6, 6.07) is 0. The number of hydrogen-bond donors (Lipinski definition) is 3. The van der Waals surface area contributed by atoms with E-state index in [9.17, 15) is 9.90 Å². The molecule has 158 valence electrons. The van der Waals surface area contributed by atoms with Crippen LogP contribution >= 0.6 is 12.4 Å². The molecule has 3 aromatic rings. The molecule has 0 spiro atoms. The van der Waals surface area contributed by atoms with E-state index in [-0.39, 0.29) is 23.9 Å². The van der Waals surface area contributed by atoms with Crippen molar-refractivity contribution in [1.29, 1.82) is 0 Å². The molecular formula is C19H23ClN8O2. The van der Waals surface area contributed by atoms with E-state index >= 15 is 0 Å². The Bertz CT molecular complexity index is 1110. The number of imidazole rings is 1. The minimum absolute atomic E-state index is 0. The van der Waals surface area contributed by atoms with Gasteiger partial charge in [-0.15, -0.1) is 12.4 Å². The minimum Gasteiger partial charge on any atom is -0.493 e. The van der Waals surface area contributed by atoms with Crippen molar-refractivity contribution in [2.24, 2.45) is 11.8 Å². The van der Waals surface area contributed by atoms with Gasteiger partial charge in [0.1, 0.15) is 11.4 Å². The molecule has 2 aliphatic heterocycles. The van der Waals surface area contributed by atoms with Crippen molar-refractivity contribution in [2.75, 3.05) is 36.4 Å². The van der Waals surface area contributed by atoms with Gasteiger partial charge in [0.2, 0.25) is 11.8 Å². The highest BCUT2D eigenvalue weighted by Crippen LogP contribution is 2.29. The number of aromatic hydroxyl groups is 1. The van der Waals surface area contributed by atoms with Crippen LogP contribution in [-0.2, 0) is 0 Å². The fraction of sp³-hybridized carbons (Fsp3) is 0.421. The second-order valence-electron chi connectivity index (χ2n) is 7.77. The lowest BCUT2D eigenvalue weighted by atomic mass is 10.0. The van der Waals surface area contributed by atoms with Crippen molar-refractivity contribution in [3.8, 4) is 5.88 Å². The van der Waals surface area contributed by atoms with Crippen LogP contribution in [0.5, 0.6) is 5.88 Å². The smallest absolute Gasteiger partial charge is 0.263 e. The Morgan fingerprint density at radius 3 is 2.60 bits per heavy atom. The summed E-state index contributed by atoms with van der Waals surface area (Å²) >= 11 is 0. The Morgan fingerprint density at radius 1 is 1.17 bits per heavy atom. The van der Waals surface area contributed by atoms with Gasteiger partial charge >= 0.3 is 0 Å². The monoisotopic (exact) mass is 430 g/mol. The Balaban J connectivity index is 0.00000218. The number of carbonyl (C=O) groups is 1. The number of hydrogen-bond acceptors (Lipinski definition) is 8. The zero-order valence-corrected chi connectivity index (χ0v) is 17.5. The lowest BCUT2D eigenvalue weighted by Gasteiger charge is -2.17. The third kappa shape index (κ3) is 3.52. The molecule has 1 amide bonds. The zero-order chi connectivity index (χ0) is 20.1. The molecule has 3 N–H and O–H groups in total. The maximum absolute atomic E-state index is 12.6. The summed E-state index contributed by atoms with van der Waals surface area (Å²) in [5.41, 5.74) is 2.31. The Morgan fingerprint density at radius 2 is 1.90 bits per heavy atom. The Hall–Kier alpha value is -2.98. The van der Waals surface area contributed by atoms with Crippen LogP contribution in [0.4, 0.5) is 11.8 Å². The Labute approximate surface area is 179 Å². The van der Waals surface area contributed by atoms with Gasteiger partial charge < -0.3 is 25.0 Å². The van der Waals surface area contributed by atoms with E-state index in [1.54, 1.807) is 6.20 Å². The molecule has 5 heterocycles. The van der Waals surface area contributed by atoms with E-state index in [0.29, 0.717) is 29.3 Å². The summed E-state index contributed by atoms with van der Waals surface area (Å²) in [5, 5.41) is 16.4. The van der Waals surface area contributed by atoms with Crippen LogP contribution in [0, 0.1) is 25.7 Å². The van der Waals surface area contributed by atoms with Gasteiger partial charge in [0.15, 0.2) is 5.65 Å². The molecule has 2 fully saturated rings. The van der Waals surface area contributed by atoms with Crippen LogP contribution in [-0.4, -0.2) is 61.5 Å².